The Bertz CT molecular complexity index is 1860. The minimum Gasteiger partial charge on any atom is -0.497 e. The number of hydrogen-bond acceptors (Lipinski definition) is 7. The second-order valence-electron chi connectivity index (χ2n) is 11.1. The molecule has 4 aromatic carbocycles. The van der Waals surface area contributed by atoms with Crippen molar-refractivity contribution < 1.29 is 28.6 Å². The van der Waals surface area contributed by atoms with Crippen molar-refractivity contribution in [2.24, 2.45) is 5.92 Å². The van der Waals surface area contributed by atoms with Crippen molar-refractivity contribution in [3.05, 3.63) is 125 Å². The number of ether oxygens (including phenoxy) is 3. The van der Waals surface area contributed by atoms with Crippen LogP contribution in [0, 0.1) is 5.92 Å². The minimum absolute atomic E-state index is 0.0722. The Hall–Kier alpha value is -5.37. The van der Waals surface area contributed by atoms with Crippen LogP contribution < -0.4 is 19.5 Å². The van der Waals surface area contributed by atoms with E-state index in [0.717, 1.165) is 11.1 Å². The van der Waals surface area contributed by atoms with Crippen LogP contribution in [0.1, 0.15) is 43.4 Å². The van der Waals surface area contributed by atoms with Gasteiger partial charge in [0.25, 0.3) is 0 Å². The molecule has 1 spiro atoms. The normalized spacial score (nSPS) is 23.9. The first kappa shape index (κ1) is 25.3. The molecule has 4 aliphatic rings. The van der Waals surface area contributed by atoms with E-state index in [-0.39, 0.29) is 24.3 Å². The number of methoxy groups -OCH3 is 1. The van der Waals surface area contributed by atoms with Gasteiger partial charge < -0.3 is 24.4 Å². The van der Waals surface area contributed by atoms with Crippen molar-refractivity contribution in [1.29, 1.82) is 0 Å². The van der Waals surface area contributed by atoms with Gasteiger partial charge in [-0.05, 0) is 71.3 Å². The summed E-state index contributed by atoms with van der Waals surface area (Å²) in [5, 5.41) is 3.07. The number of carbonyl (C=O) groups excluding carboxylic acids is 3. The molecule has 8 rings (SSSR count). The van der Waals surface area contributed by atoms with Gasteiger partial charge in [-0.15, -0.1) is 0 Å². The number of ketones is 2. The van der Waals surface area contributed by atoms with E-state index in [1.807, 2.05) is 65.7 Å². The summed E-state index contributed by atoms with van der Waals surface area (Å²) >= 11 is 0. The quantitative estimate of drug-likeness (QED) is 0.321. The summed E-state index contributed by atoms with van der Waals surface area (Å²) in [6, 6.07) is 25.6. The fourth-order valence-electron chi connectivity index (χ4n) is 7.32. The predicted molar refractivity (Wildman–Crippen MR) is 158 cm³/mol. The number of amides is 1. The summed E-state index contributed by atoms with van der Waals surface area (Å²) < 4.78 is 16.4. The van der Waals surface area contributed by atoms with Crippen LogP contribution in [0.25, 0.3) is 6.08 Å². The highest BCUT2D eigenvalue weighted by molar-refractivity contribution is 6.16. The van der Waals surface area contributed by atoms with Gasteiger partial charge in [-0.25, -0.2) is 0 Å². The van der Waals surface area contributed by atoms with Crippen LogP contribution in [-0.2, 0) is 10.2 Å². The summed E-state index contributed by atoms with van der Waals surface area (Å²) in [6.07, 6.45) is 3.80. The number of nitrogens with zero attached hydrogens (tertiary/aromatic N) is 1. The third-order valence-electron chi connectivity index (χ3n) is 9.15. The lowest BCUT2D eigenvalue weighted by Crippen LogP contribution is -2.49. The lowest BCUT2D eigenvalue weighted by atomic mass is 9.62. The van der Waals surface area contributed by atoms with Gasteiger partial charge >= 0.3 is 0 Å². The molecule has 0 aliphatic carbocycles. The Kier molecular flexibility index (Phi) is 5.50. The van der Waals surface area contributed by atoms with Crippen LogP contribution >= 0.6 is 0 Å². The average molecular weight is 571 g/mol. The third kappa shape index (κ3) is 3.46. The molecular weight excluding hydrogens is 544 g/mol. The molecular formula is C35H26N2O6. The number of carbonyl (C=O) groups is 3. The fraction of sp³-hybridized carbons (Fsp3) is 0.171. The molecule has 0 saturated carbocycles. The Labute approximate surface area is 247 Å². The fourth-order valence-corrected chi connectivity index (χ4v) is 7.32. The zero-order valence-corrected chi connectivity index (χ0v) is 23.2. The molecule has 0 radical (unpaired) electrons. The maximum atomic E-state index is 14.9. The molecule has 8 nitrogen and oxygen atoms in total. The molecule has 0 bridgehead atoms. The molecule has 43 heavy (non-hydrogen) atoms. The molecule has 4 atom stereocenters. The molecule has 0 unspecified atom stereocenters. The number of anilines is 1. The number of Topliss-reactive ketones (excluding diaryl/α,β-unsaturated/α-hetero) is 2. The first-order valence-corrected chi connectivity index (χ1v) is 14.1. The zero-order valence-electron chi connectivity index (χ0n) is 23.2. The van der Waals surface area contributed by atoms with Crippen LogP contribution in [0.4, 0.5) is 5.69 Å². The molecule has 4 heterocycles. The van der Waals surface area contributed by atoms with E-state index in [1.165, 1.54) is 0 Å². The van der Waals surface area contributed by atoms with Crippen molar-refractivity contribution in [1.82, 2.24) is 4.90 Å². The van der Waals surface area contributed by atoms with Crippen LogP contribution in [0.3, 0.4) is 0 Å². The largest absolute Gasteiger partial charge is 0.497 e. The highest BCUT2D eigenvalue weighted by atomic mass is 16.7. The maximum absolute atomic E-state index is 14.9. The van der Waals surface area contributed by atoms with E-state index in [4.69, 9.17) is 14.2 Å². The Balaban J connectivity index is 1.39. The van der Waals surface area contributed by atoms with Gasteiger partial charge in [-0.1, -0.05) is 42.5 Å². The zero-order chi connectivity index (χ0) is 29.3. The first-order valence-electron chi connectivity index (χ1n) is 14.1. The van der Waals surface area contributed by atoms with E-state index in [2.05, 4.69) is 5.32 Å². The van der Waals surface area contributed by atoms with Crippen molar-refractivity contribution in [3.63, 3.8) is 0 Å². The number of hydrogen-bond donors (Lipinski definition) is 1. The van der Waals surface area contributed by atoms with Gasteiger partial charge in [0.2, 0.25) is 12.7 Å². The Morgan fingerprint density at radius 2 is 1.63 bits per heavy atom. The van der Waals surface area contributed by atoms with Gasteiger partial charge in [0.1, 0.15) is 17.2 Å². The van der Waals surface area contributed by atoms with Gasteiger partial charge in [0, 0.05) is 23.0 Å². The lowest BCUT2D eigenvalue weighted by Gasteiger charge is -2.38. The molecule has 1 N–H and O–H groups in total. The van der Waals surface area contributed by atoms with Crippen molar-refractivity contribution in [3.8, 4) is 17.2 Å². The maximum Gasteiger partial charge on any atom is 0.238 e. The number of nitrogens with one attached hydrogen (secondary N) is 1. The van der Waals surface area contributed by atoms with E-state index in [0.29, 0.717) is 39.6 Å². The van der Waals surface area contributed by atoms with E-state index < -0.39 is 23.4 Å². The Morgan fingerprint density at radius 1 is 0.884 bits per heavy atom. The standard InChI is InChI=1S/C35H26N2O6/c1-41-23-13-10-21(11-14-23)31(38)29-30(32(39)22-12-15-27-28(18-22)43-19-42-27)37-17-16-20-6-2-3-7-24(20)33(37)35(29)25-8-4-5-9-26(25)36-34(35)40/h2-18,29-30,33H,19H2,1H3,(H,36,40)/t29-,30+,33+,35-/m0/s1. The number of rotatable bonds is 5. The van der Waals surface area contributed by atoms with E-state index >= 15 is 0 Å². The SMILES string of the molecule is COc1ccc(C(=O)[C@@H]2[C@H](C(=O)c3ccc4c(c3)OCO4)N3C=Cc4ccccc4[C@@H]3[C@@]23C(=O)Nc2ccccc23)cc1. The molecule has 8 heteroatoms. The molecule has 0 aromatic heterocycles. The third-order valence-corrected chi connectivity index (χ3v) is 9.15. The smallest absolute Gasteiger partial charge is 0.238 e. The van der Waals surface area contributed by atoms with Crippen molar-refractivity contribution >= 4 is 29.2 Å². The van der Waals surface area contributed by atoms with Crippen molar-refractivity contribution in [2.45, 2.75) is 17.5 Å². The number of para-hydroxylation sites is 1. The molecule has 1 fully saturated rings. The van der Waals surface area contributed by atoms with E-state index in [9.17, 15) is 14.4 Å². The molecule has 1 saturated heterocycles. The monoisotopic (exact) mass is 570 g/mol. The summed E-state index contributed by atoms with van der Waals surface area (Å²) in [5.74, 6) is -0.327. The molecule has 4 aromatic rings. The topological polar surface area (TPSA) is 94.2 Å². The van der Waals surface area contributed by atoms with Crippen LogP contribution in [-0.4, -0.2) is 42.3 Å². The van der Waals surface area contributed by atoms with Crippen molar-refractivity contribution in [2.75, 3.05) is 19.2 Å². The lowest BCUT2D eigenvalue weighted by molar-refractivity contribution is -0.122. The van der Waals surface area contributed by atoms with Gasteiger partial charge in [0.05, 0.1) is 19.1 Å². The second-order valence-corrected chi connectivity index (χ2v) is 11.1. The highest BCUT2D eigenvalue weighted by Gasteiger charge is 2.70. The average Bonchev–Trinajstić information content (AvgIpc) is 3.73. The van der Waals surface area contributed by atoms with Crippen LogP contribution in [0.15, 0.2) is 97.2 Å². The predicted octanol–water partition coefficient (Wildman–Crippen LogP) is 5.41. The highest BCUT2D eigenvalue weighted by Crippen LogP contribution is 2.62. The summed E-state index contributed by atoms with van der Waals surface area (Å²) in [4.78, 5) is 46.1. The summed E-state index contributed by atoms with van der Waals surface area (Å²) in [7, 11) is 1.56. The second kappa shape index (κ2) is 9.32. The van der Waals surface area contributed by atoms with Crippen LogP contribution in [0.5, 0.6) is 17.2 Å². The van der Waals surface area contributed by atoms with Gasteiger partial charge in [0.15, 0.2) is 23.1 Å². The summed E-state index contributed by atoms with van der Waals surface area (Å²) in [6.45, 7) is 0.0722. The van der Waals surface area contributed by atoms with Gasteiger partial charge in [-0.3, -0.25) is 14.4 Å². The van der Waals surface area contributed by atoms with Gasteiger partial charge in [-0.2, -0.15) is 0 Å². The molecule has 212 valence electrons. The minimum atomic E-state index is -1.40. The first-order chi connectivity index (χ1) is 21.0. The molecule has 4 aliphatic heterocycles. The molecule has 1 amide bonds. The van der Waals surface area contributed by atoms with E-state index in [1.54, 1.807) is 49.6 Å². The Morgan fingerprint density at radius 3 is 2.47 bits per heavy atom. The number of fused-ring (bicyclic) bond motifs is 7. The number of benzene rings is 4. The van der Waals surface area contributed by atoms with Crippen LogP contribution in [0.2, 0.25) is 0 Å². The summed E-state index contributed by atoms with van der Waals surface area (Å²) in [5.41, 5.74) is 2.53.